The van der Waals surface area contributed by atoms with Crippen molar-refractivity contribution in [2.24, 2.45) is 0 Å². The highest BCUT2D eigenvalue weighted by Gasteiger charge is 2.32. The van der Waals surface area contributed by atoms with Gasteiger partial charge in [0.05, 0.1) is 6.54 Å². The van der Waals surface area contributed by atoms with Gasteiger partial charge in [0.25, 0.3) is 0 Å². The fourth-order valence-corrected chi connectivity index (χ4v) is 1.97. The number of nitrogens with zero attached hydrogens (tertiary/aromatic N) is 1. The lowest BCUT2D eigenvalue weighted by Crippen LogP contribution is -2.50. The monoisotopic (exact) mass is 264 g/mol. The molecular formula is C13H16N2O4. The minimum atomic E-state index is -1.96. The van der Waals surface area contributed by atoms with Crippen LogP contribution < -0.4 is 10.2 Å². The number of benzene rings is 1. The summed E-state index contributed by atoms with van der Waals surface area (Å²) in [7, 11) is 0. The Hall–Kier alpha value is -2.08. The maximum Gasteiger partial charge on any atom is 0.337 e. The zero-order valence-corrected chi connectivity index (χ0v) is 10.6. The van der Waals surface area contributed by atoms with Crippen molar-refractivity contribution in [1.82, 2.24) is 5.32 Å². The van der Waals surface area contributed by atoms with E-state index in [1.165, 1.54) is 0 Å². The van der Waals surface area contributed by atoms with Crippen molar-refractivity contribution < 1.29 is 19.8 Å². The number of nitrogens with one attached hydrogen (secondary N) is 1. The summed E-state index contributed by atoms with van der Waals surface area (Å²) in [6.45, 7) is 1.37. The smallest absolute Gasteiger partial charge is 0.337 e. The number of amides is 2. The molecule has 0 aliphatic carbocycles. The minimum Gasteiger partial charge on any atom is -0.479 e. The third kappa shape index (κ3) is 2.68. The lowest BCUT2D eigenvalue weighted by atomic mass is 10.1. The molecule has 0 spiro atoms. The molecule has 0 fully saturated rings. The highest BCUT2D eigenvalue weighted by molar-refractivity contribution is 5.94. The number of rotatable bonds is 3. The summed E-state index contributed by atoms with van der Waals surface area (Å²) in [4.78, 5) is 24.3. The maximum absolute atomic E-state index is 12.0. The van der Waals surface area contributed by atoms with Gasteiger partial charge in [-0.25, -0.2) is 9.59 Å². The number of carboxylic acid groups (broad SMARTS) is 1. The molecule has 0 aromatic heterocycles. The molecule has 1 aliphatic rings. The van der Waals surface area contributed by atoms with Crippen LogP contribution >= 0.6 is 0 Å². The van der Waals surface area contributed by atoms with Crippen LogP contribution in [-0.4, -0.2) is 40.9 Å². The van der Waals surface area contributed by atoms with Gasteiger partial charge in [0.2, 0.25) is 0 Å². The van der Waals surface area contributed by atoms with Gasteiger partial charge < -0.3 is 15.5 Å². The maximum atomic E-state index is 12.0. The summed E-state index contributed by atoms with van der Waals surface area (Å²) >= 11 is 0. The number of para-hydroxylation sites is 1. The SMILES string of the molecule is CC(O)(CNC(=O)N1CCc2ccccc21)C(=O)O. The topological polar surface area (TPSA) is 89.9 Å². The molecular weight excluding hydrogens is 248 g/mol. The quantitative estimate of drug-likeness (QED) is 0.745. The second kappa shape index (κ2) is 4.89. The third-order valence-electron chi connectivity index (χ3n) is 3.18. The van der Waals surface area contributed by atoms with Crippen molar-refractivity contribution in [3.8, 4) is 0 Å². The predicted octanol–water partition coefficient (Wildman–Crippen LogP) is 0.594. The summed E-state index contributed by atoms with van der Waals surface area (Å²) in [5.41, 5.74) is -0.0489. The molecule has 6 nitrogen and oxygen atoms in total. The zero-order valence-electron chi connectivity index (χ0n) is 10.6. The molecule has 3 N–H and O–H groups in total. The van der Waals surface area contributed by atoms with E-state index < -0.39 is 17.6 Å². The standard InChI is InChI=1S/C13H16N2O4/c1-13(19,11(16)17)8-14-12(18)15-7-6-9-4-2-3-5-10(9)15/h2-5,19H,6-8H2,1H3,(H,14,18)(H,16,17). The van der Waals surface area contributed by atoms with E-state index in [0.29, 0.717) is 6.54 Å². The van der Waals surface area contributed by atoms with E-state index in [2.05, 4.69) is 5.32 Å². The van der Waals surface area contributed by atoms with Gasteiger partial charge >= 0.3 is 12.0 Å². The first-order valence-electron chi connectivity index (χ1n) is 6.01. The second-order valence-electron chi connectivity index (χ2n) is 4.77. The normalized spacial score (nSPS) is 16.6. The summed E-state index contributed by atoms with van der Waals surface area (Å²) in [6.07, 6.45) is 0.777. The Morgan fingerprint density at radius 2 is 2.11 bits per heavy atom. The molecule has 1 aromatic carbocycles. The van der Waals surface area contributed by atoms with Crippen LogP contribution in [0.25, 0.3) is 0 Å². The molecule has 1 unspecified atom stereocenters. The number of carbonyl (C=O) groups excluding carboxylic acids is 1. The van der Waals surface area contributed by atoms with Crippen LogP contribution in [0, 0.1) is 0 Å². The second-order valence-corrected chi connectivity index (χ2v) is 4.77. The highest BCUT2D eigenvalue weighted by Crippen LogP contribution is 2.27. The lowest BCUT2D eigenvalue weighted by molar-refractivity contribution is -0.155. The Kier molecular flexibility index (Phi) is 3.44. The minimum absolute atomic E-state index is 0.333. The van der Waals surface area contributed by atoms with Crippen LogP contribution in [0.15, 0.2) is 24.3 Å². The van der Waals surface area contributed by atoms with Crippen molar-refractivity contribution in [2.45, 2.75) is 18.9 Å². The number of carboxylic acids is 1. The van der Waals surface area contributed by atoms with Gasteiger partial charge in [0, 0.05) is 12.2 Å². The fourth-order valence-electron chi connectivity index (χ4n) is 1.97. The number of urea groups is 1. The van der Waals surface area contributed by atoms with Crippen LogP contribution in [-0.2, 0) is 11.2 Å². The van der Waals surface area contributed by atoms with E-state index in [1.54, 1.807) is 4.90 Å². The number of hydrogen-bond donors (Lipinski definition) is 3. The molecule has 1 aliphatic heterocycles. The molecule has 1 heterocycles. The molecule has 1 aromatic rings. The van der Waals surface area contributed by atoms with Gasteiger partial charge in [0.1, 0.15) is 0 Å². The molecule has 0 saturated heterocycles. The van der Waals surface area contributed by atoms with Gasteiger partial charge in [-0.3, -0.25) is 4.90 Å². The fraction of sp³-hybridized carbons (Fsp3) is 0.385. The Labute approximate surface area is 110 Å². The van der Waals surface area contributed by atoms with Gasteiger partial charge in [-0.15, -0.1) is 0 Å². The molecule has 0 bridgehead atoms. The summed E-state index contributed by atoms with van der Waals surface area (Å²) < 4.78 is 0. The first kappa shape index (κ1) is 13.4. The largest absolute Gasteiger partial charge is 0.479 e. The van der Waals surface area contributed by atoms with Gasteiger partial charge in [0.15, 0.2) is 5.60 Å². The molecule has 0 radical (unpaired) electrons. The first-order chi connectivity index (χ1) is 8.92. The summed E-state index contributed by atoms with van der Waals surface area (Å²) in [6, 6.07) is 7.16. The van der Waals surface area contributed by atoms with Crippen LogP contribution in [0.3, 0.4) is 0 Å². The third-order valence-corrected chi connectivity index (χ3v) is 3.18. The van der Waals surface area contributed by atoms with Crippen molar-refractivity contribution in [3.63, 3.8) is 0 Å². The lowest BCUT2D eigenvalue weighted by Gasteiger charge is -2.22. The Morgan fingerprint density at radius 1 is 1.42 bits per heavy atom. The van der Waals surface area contributed by atoms with Crippen molar-refractivity contribution in [1.29, 1.82) is 0 Å². The van der Waals surface area contributed by atoms with Crippen molar-refractivity contribution >= 4 is 17.7 Å². The van der Waals surface area contributed by atoms with Crippen molar-refractivity contribution in [2.75, 3.05) is 18.0 Å². The van der Waals surface area contributed by atoms with E-state index >= 15 is 0 Å². The van der Waals surface area contributed by atoms with E-state index in [4.69, 9.17) is 5.11 Å². The summed E-state index contributed by atoms with van der Waals surface area (Å²) in [5.74, 6) is -1.37. The molecule has 102 valence electrons. The van der Waals surface area contributed by atoms with E-state index in [0.717, 1.165) is 24.6 Å². The molecule has 0 saturated carbocycles. The first-order valence-corrected chi connectivity index (χ1v) is 6.01. The molecule has 2 amide bonds. The van der Waals surface area contributed by atoms with Gasteiger partial charge in [-0.1, -0.05) is 18.2 Å². The Bertz CT molecular complexity index is 513. The number of hydrogen-bond acceptors (Lipinski definition) is 3. The molecule has 19 heavy (non-hydrogen) atoms. The van der Waals surface area contributed by atoms with Crippen LogP contribution in [0.5, 0.6) is 0 Å². The van der Waals surface area contributed by atoms with Gasteiger partial charge in [-0.05, 0) is 25.0 Å². The summed E-state index contributed by atoms with van der Waals surface area (Å²) in [5, 5.41) is 20.8. The van der Waals surface area contributed by atoms with Crippen LogP contribution in [0.1, 0.15) is 12.5 Å². The number of carbonyl (C=O) groups is 2. The number of aliphatic carboxylic acids is 1. The van der Waals surface area contributed by atoms with E-state index in [-0.39, 0.29) is 6.54 Å². The molecule has 6 heteroatoms. The van der Waals surface area contributed by atoms with Crippen LogP contribution in [0.2, 0.25) is 0 Å². The van der Waals surface area contributed by atoms with E-state index in [1.807, 2.05) is 24.3 Å². The van der Waals surface area contributed by atoms with Crippen LogP contribution in [0.4, 0.5) is 10.5 Å². The Morgan fingerprint density at radius 3 is 2.79 bits per heavy atom. The Balaban J connectivity index is 2.01. The van der Waals surface area contributed by atoms with E-state index in [9.17, 15) is 14.7 Å². The zero-order chi connectivity index (χ0) is 14.0. The number of fused-ring (bicyclic) bond motifs is 1. The van der Waals surface area contributed by atoms with Gasteiger partial charge in [-0.2, -0.15) is 0 Å². The predicted molar refractivity (Wildman–Crippen MR) is 69.2 cm³/mol. The van der Waals surface area contributed by atoms with Crippen molar-refractivity contribution in [3.05, 3.63) is 29.8 Å². The average Bonchev–Trinajstić information content (AvgIpc) is 2.79. The number of aliphatic hydroxyl groups is 1. The average molecular weight is 264 g/mol. The highest BCUT2D eigenvalue weighted by atomic mass is 16.4. The number of anilines is 1. The molecule has 1 atom stereocenters. The molecule has 2 rings (SSSR count).